The molecule has 2 saturated heterocycles. The van der Waals surface area contributed by atoms with Gasteiger partial charge in [0, 0.05) is 26.1 Å². The van der Waals surface area contributed by atoms with E-state index in [1.54, 1.807) is 13.8 Å². The highest BCUT2D eigenvalue weighted by atomic mass is 19.4. The van der Waals surface area contributed by atoms with Crippen LogP contribution in [-0.2, 0) is 14.4 Å². The molecule has 2 heterocycles. The molecule has 2 aliphatic rings. The average Bonchev–Trinajstić information content (AvgIpc) is 3.02. The van der Waals surface area contributed by atoms with E-state index in [9.17, 15) is 32.7 Å². The largest absolute Gasteiger partial charge is 0.481 e. The van der Waals surface area contributed by atoms with Crippen molar-refractivity contribution in [2.75, 3.05) is 26.2 Å². The summed E-state index contributed by atoms with van der Waals surface area (Å²) in [5.74, 6) is -3.12. The Bertz CT molecular complexity index is 549. The number of carbonyl (C=O) groups excluding carboxylic acids is 2. The number of rotatable bonds is 4. The van der Waals surface area contributed by atoms with E-state index in [1.165, 1.54) is 4.90 Å². The summed E-state index contributed by atoms with van der Waals surface area (Å²) in [6.45, 7) is 2.19. The number of carbonyl (C=O) groups is 3. The number of alkyl halides is 3. The first-order valence-corrected chi connectivity index (χ1v) is 7.83. The Morgan fingerprint density at radius 3 is 2.46 bits per heavy atom. The SMILES string of the molecule is CC(C)C1(C(=O)O)CCN(C(=O)C2CC(=O)N(CC(F)(F)F)C2)C1. The third-order valence-electron chi connectivity index (χ3n) is 5.08. The molecule has 2 amide bonds. The topological polar surface area (TPSA) is 77.9 Å². The lowest BCUT2D eigenvalue weighted by Crippen LogP contribution is -2.42. The van der Waals surface area contributed by atoms with E-state index >= 15 is 0 Å². The second kappa shape index (κ2) is 6.25. The normalized spacial score (nSPS) is 28.1. The van der Waals surface area contributed by atoms with Gasteiger partial charge in [-0.15, -0.1) is 0 Å². The van der Waals surface area contributed by atoms with Crippen LogP contribution in [0.5, 0.6) is 0 Å². The molecule has 2 rings (SSSR count). The first-order chi connectivity index (χ1) is 11.0. The van der Waals surface area contributed by atoms with Crippen molar-refractivity contribution in [2.45, 2.75) is 32.9 Å². The molecule has 0 aromatic carbocycles. The molecule has 2 atom stereocenters. The number of likely N-dealkylation sites (tertiary alicyclic amines) is 2. The minimum absolute atomic E-state index is 0.0306. The summed E-state index contributed by atoms with van der Waals surface area (Å²) in [6.07, 6.45) is -4.46. The van der Waals surface area contributed by atoms with Crippen LogP contribution in [0.15, 0.2) is 0 Å². The van der Waals surface area contributed by atoms with Gasteiger partial charge in [0.25, 0.3) is 0 Å². The lowest BCUT2D eigenvalue weighted by atomic mass is 9.76. The van der Waals surface area contributed by atoms with Crippen LogP contribution >= 0.6 is 0 Å². The molecule has 1 N–H and O–H groups in total. The van der Waals surface area contributed by atoms with Crippen molar-refractivity contribution in [2.24, 2.45) is 17.3 Å². The monoisotopic (exact) mass is 350 g/mol. The fraction of sp³-hybridized carbons (Fsp3) is 0.800. The van der Waals surface area contributed by atoms with Crippen molar-refractivity contribution in [1.82, 2.24) is 9.80 Å². The maximum absolute atomic E-state index is 12.5. The van der Waals surface area contributed by atoms with Gasteiger partial charge in [-0.1, -0.05) is 13.8 Å². The van der Waals surface area contributed by atoms with E-state index in [2.05, 4.69) is 0 Å². The number of aliphatic carboxylic acids is 1. The zero-order valence-corrected chi connectivity index (χ0v) is 13.6. The highest BCUT2D eigenvalue weighted by Crippen LogP contribution is 2.39. The van der Waals surface area contributed by atoms with Crippen LogP contribution < -0.4 is 0 Å². The number of hydrogen-bond donors (Lipinski definition) is 1. The van der Waals surface area contributed by atoms with Crippen molar-refractivity contribution in [1.29, 1.82) is 0 Å². The van der Waals surface area contributed by atoms with Gasteiger partial charge >= 0.3 is 12.1 Å². The maximum atomic E-state index is 12.5. The van der Waals surface area contributed by atoms with Crippen molar-refractivity contribution < 1.29 is 32.7 Å². The van der Waals surface area contributed by atoms with Gasteiger partial charge in [-0.05, 0) is 12.3 Å². The van der Waals surface area contributed by atoms with Gasteiger partial charge in [0.1, 0.15) is 6.54 Å². The molecule has 0 spiro atoms. The molecule has 0 aromatic heterocycles. The van der Waals surface area contributed by atoms with Gasteiger partial charge in [0.05, 0.1) is 11.3 Å². The van der Waals surface area contributed by atoms with E-state index in [0.29, 0.717) is 11.3 Å². The maximum Gasteiger partial charge on any atom is 0.406 e. The Morgan fingerprint density at radius 1 is 1.38 bits per heavy atom. The van der Waals surface area contributed by atoms with Crippen LogP contribution in [0.2, 0.25) is 0 Å². The zero-order valence-electron chi connectivity index (χ0n) is 13.6. The quantitative estimate of drug-likeness (QED) is 0.830. The van der Waals surface area contributed by atoms with Crippen LogP contribution in [0.4, 0.5) is 13.2 Å². The highest BCUT2D eigenvalue weighted by Gasteiger charge is 2.50. The van der Waals surface area contributed by atoms with Crippen LogP contribution in [0.3, 0.4) is 0 Å². The second-order valence-corrected chi connectivity index (χ2v) is 6.92. The predicted molar refractivity (Wildman–Crippen MR) is 76.8 cm³/mol. The molecule has 9 heteroatoms. The Labute approximate surface area is 137 Å². The number of carboxylic acid groups (broad SMARTS) is 1. The summed E-state index contributed by atoms with van der Waals surface area (Å²) in [4.78, 5) is 37.8. The van der Waals surface area contributed by atoms with Gasteiger partial charge in [0.2, 0.25) is 11.8 Å². The summed E-state index contributed by atoms with van der Waals surface area (Å²) in [5, 5.41) is 9.49. The first-order valence-electron chi connectivity index (χ1n) is 7.83. The average molecular weight is 350 g/mol. The van der Waals surface area contributed by atoms with Gasteiger partial charge in [0.15, 0.2) is 0 Å². The van der Waals surface area contributed by atoms with Crippen molar-refractivity contribution in [3.63, 3.8) is 0 Å². The summed E-state index contributed by atoms with van der Waals surface area (Å²) in [5.41, 5.74) is -1.04. The van der Waals surface area contributed by atoms with Gasteiger partial charge in [-0.25, -0.2) is 0 Å². The number of halogens is 3. The van der Waals surface area contributed by atoms with Crippen molar-refractivity contribution in [3.05, 3.63) is 0 Å². The molecule has 0 aromatic rings. The Morgan fingerprint density at radius 2 is 2.00 bits per heavy atom. The Kier molecular flexibility index (Phi) is 4.83. The smallest absolute Gasteiger partial charge is 0.406 e. The minimum Gasteiger partial charge on any atom is -0.481 e. The first kappa shape index (κ1) is 18.5. The van der Waals surface area contributed by atoms with Gasteiger partial charge in [-0.2, -0.15) is 13.2 Å². The standard InChI is InChI=1S/C15H21F3N2O4/c1-9(2)14(13(23)24)3-4-19(7-14)12(22)10-5-11(21)20(6-10)8-15(16,17)18/h9-10H,3-8H2,1-2H3,(H,23,24). The fourth-order valence-electron chi connectivity index (χ4n) is 3.48. The number of carboxylic acids is 1. The third kappa shape index (κ3) is 3.49. The van der Waals surface area contributed by atoms with Crippen molar-refractivity contribution in [3.8, 4) is 0 Å². The molecule has 2 fully saturated rings. The number of nitrogens with zero attached hydrogens (tertiary/aromatic N) is 2. The second-order valence-electron chi connectivity index (χ2n) is 6.92. The molecule has 24 heavy (non-hydrogen) atoms. The lowest BCUT2D eigenvalue weighted by Gasteiger charge is -2.29. The molecule has 2 aliphatic heterocycles. The molecule has 136 valence electrons. The van der Waals surface area contributed by atoms with Gasteiger partial charge < -0.3 is 14.9 Å². The van der Waals surface area contributed by atoms with Crippen molar-refractivity contribution >= 4 is 17.8 Å². The lowest BCUT2D eigenvalue weighted by molar-refractivity contribution is -0.157. The molecule has 0 saturated carbocycles. The molecular weight excluding hydrogens is 329 g/mol. The van der Waals surface area contributed by atoms with E-state index in [0.717, 1.165) is 0 Å². The Balaban J connectivity index is 2.04. The third-order valence-corrected chi connectivity index (χ3v) is 5.08. The molecule has 0 aliphatic carbocycles. The molecular formula is C15H21F3N2O4. The summed E-state index contributed by atoms with van der Waals surface area (Å²) < 4.78 is 37.3. The summed E-state index contributed by atoms with van der Waals surface area (Å²) >= 11 is 0. The number of hydrogen-bond acceptors (Lipinski definition) is 3. The Hall–Kier alpha value is -1.80. The van der Waals surface area contributed by atoms with E-state index < -0.39 is 41.8 Å². The molecule has 2 unspecified atom stereocenters. The van der Waals surface area contributed by atoms with Crippen LogP contribution in [-0.4, -0.2) is 65.0 Å². The predicted octanol–water partition coefficient (Wildman–Crippen LogP) is 1.36. The van der Waals surface area contributed by atoms with Crippen LogP contribution in [0.1, 0.15) is 26.7 Å². The van der Waals surface area contributed by atoms with Gasteiger partial charge in [-0.3, -0.25) is 14.4 Å². The minimum atomic E-state index is -4.50. The molecule has 0 radical (unpaired) electrons. The van der Waals surface area contributed by atoms with Crippen LogP contribution in [0.25, 0.3) is 0 Å². The highest BCUT2D eigenvalue weighted by molar-refractivity contribution is 5.90. The summed E-state index contributed by atoms with van der Waals surface area (Å²) in [6, 6.07) is 0. The van der Waals surface area contributed by atoms with Crippen LogP contribution in [0, 0.1) is 17.3 Å². The molecule has 6 nitrogen and oxygen atoms in total. The molecule has 0 bridgehead atoms. The van der Waals surface area contributed by atoms with E-state index in [-0.39, 0.29) is 32.0 Å². The van der Waals surface area contributed by atoms with E-state index in [4.69, 9.17) is 0 Å². The zero-order chi connectivity index (χ0) is 18.3. The number of amides is 2. The fourth-order valence-corrected chi connectivity index (χ4v) is 3.48. The van der Waals surface area contributed by atoms with E-state index in [1.807, 2.05) is 0 Å². The summed E-state index contributed by atoms with van der Waals surface area (Å²) in [7, 11) is 0.